The minimum Gasteiger partial charge on any atom is -0.457 e. The van der Waals surface area contributed by atoms with E-state index in [1.54, 1.807) is 24.3 Å². The van der Waals surface area contributed by atoms with E-state index in [2.05, 4.69) is 5.32 Å². The highest BCUT2D eigenvalue weighted by molar-refractivity contribution is 7.90. The molecule has 138 valence electrons. The van der Waals surface area contributed by atoms with Gasteiger partial charge in [0.1, 0.15) is 11.5 Å². The van der Waals surface area contributed by atoms with Crippen molar-refractivity contribution >= 4 is 33.0 Å². The molecule has 3 rings (SSSR count). The average Bonchev–Trinajstić information content (AvgIpc) is 2.62. The molecule has 27 heavy (non-hydrogen) atoms. The van der Waals surface area contributed by atoms with Gasteiger partial charge in [-0.05, 0) is 42.5 Å². The van der Waals surface area contributed by atoms with Crippen molar-refractivity contribution in [2.45, 2.75) is 4.90 Å². The van der Waals surface area contributed by atoms with E-state index in [-0.39, 0.29) is 15.5 Å². The van der Waals surface area contributed by atoms with Crippen LogP contribution >= 0.6 is 11.6 Å². The molecule has 1 amide bonds. The summed E-state index contributed by atoms with van der Waals surface area (Å²) in [5.41, 5.74) is 0.572. The molecule has 0 aromatic heterocycles. The highest BCUT2D eigenvalue weighted by Crippen LogP contribution is 2.25. The molecule has 5 nitrogen and oxygen atoms in total. The molecule has 0 heterocycles. The maximum atomic E-state index is 12.6. The fourth-order valence-electron chi connectivity index (χ4n) is 2.37. The number of carbonyl (C=O) groups is 1. The van der Waals surface area contributed by atoms with Crippen LogP contribution in [0.2, 0.25) is 5.02 Å². The Morgan fingerprint density at radius 3 is 2.33 bits per heavy atom. The second-order valence-electron chi connectivity index (χ2n) is 5.81. The minimum absolute atomic E-state index is 0.0261. The van der Waals surface area contributed by atoms with E-state index >= 15 is 0 Å². The first-order valence-electron chi connectivity index (χ1n) is 7.97. The molecular weight excluding hydrogens is 386 g/mol. The van der Waals surface area contributed by atoms with Crippen molar-refractivity contribution in [2.24, 2.45) is 0 Å². The van der Waals surface area contributed by atoms with E-state index in [4.69, 9.17) is 16.3 Å². The Kier molecular flexibility index (Phi) is 5.48. The quantitative estimate of drug-likeness (QED) is 0.667. The van der Waals surface area contributed by atoms with E-state index in [9.17, 15) is 13.2 Å². The summed E-state index contributed by atoms with van der Waals surface area (Å²) < 4.78 is 29.1. The SMILES string of the molecule is CS(=O)(=O)c1ccc(Cl)c(C(=O)Nc2cccc(Oc3ccccc3)c2)c1. The van der Waals surface area contributed by atoms with Crippen molar-refractivity contribution in [1.82, 2.24) is 0 Å². The zero-order chi connectivity index (χ0) is 19.4. The predicted octanol–water partition coefficient (Wildman–Crippen LogP) is 4.79. The van der Waals surface area contributed by atoms with E-state index in [0.717, 1.165) is 6.26 Å². The molecule has 0 aliphatic heterocycles. The number of halogens is 1. The highest BCUT2D eigenvalue weighted by atomic mass is 35.5. The second-order valence-corrected chi connectivity index (χ2v) is 8.23. The first-order chi connectivity index (χ1) is 12.8. The van der Waals surface area contributed by atoms with Crippen molar-refractivity contribution in [2.75, 3.05) is 11.6 Å². The Morgan fingerprint density at radius 2 is 1.63 bits per heavy atom. The number of anilines is 1. The number of sulfone groups is 1. The summed E-state index contributed by atoms with van der Waals surface area (Å²) in [5, 5.41) is 2.87. The fraction of sp³-hybridized carbons (Fsp3) is 0.0500. The average molecular weight is 402 g/mol. The van der Waals surface area contributed by atoms with Crippen LogP contribution < -0.4 is 10.1 Å². The predicted molar refractivity (Wildman–Crippen MR) is 105 cm³/mol. The molecule has 0 aliphatic carbocycles. The smallest absolute Gasteiger partial charge is 0.257 e. The number of hydrogen-bond acceptors (Lipinski definition) is 4. The van der Waals surface area contributed by atoms with Crippen molar-refractivity contribution in [1.29, 1.82) is 0 Å². The lowest BCUT2D eigenvalue weighted by atomic mass is 10.2. The molecule has 1 N–H and O–H groups in total. The summed E-state index contributed by atoms with van der Waals surface area (Å²) in [5.74, 6) is 0.710. The van der Waals surface area contributed by atoms with Gasteiger partial charge in [-0.1, -0.05) is 35.9 Å². The zero-order valence-electron chi connectivity index (χ0n) is 14.3. The van der Waals surface area contributed by atoms with Gasteiger partial charge in [-0.15, -0.1) is 0 Å². The monoisotopic (exact) mass is 401 g/mol. The van der Waals surface area contributed by atoms with Gasteiger partial charge in [0.2, 0.25) is 0 Å². The maximum absolute atomic E-state index is 12.6. The summed E-state index contributed by atoms with van der Waals surface area (Å²) in [6.07, 6.45) is 1.07. The number of amides is 1. The van der Waals surface area contributed by atoms with Crippen LogP contribution in [0.4, 0.5) is 5.69 Å². The standard InChI is InChI=1S/C20H16ClNO4S/c1-27(24,25)17-10-11-19(21)18(13-17)20(23)22-14-6-5-9-16(12-14)26-15-7-3-2-4-8-15/h2-13H,1H3,(H,22,23). The maximum Gasteiger partial charge on any atom is 0.257 e. The molecule has 0 saturated carbocycles. The molecule has 0 spiro atoms. The lowest BCUT2D eigenvalue weighted by Crippen LogP contribution is -2.13. The third-order valence-corrected chi connectivity index (χ3v) is 5.12. The van der Waals surface area contributed by atoms with E-state index < -0.39 is 15.7 Å². The Labute approximate surface area is 162 Å². The Bertz CT molecular complexity index is 1080. The number of rotatable bonds is 5. The Balaban J connectivity index is 1.81. The molecule has 7 heteroatoms. The van der Waals surface area contributed by atoms with Crippen LogP contribution in [-0.2, 0) is 9.84 Å². The van der Waals surface area contributed by atoms with Gasteiger partial charge in [0.15, 0.2) is 9.84 Å². The molecule has 3 aromatic rings. The normalized spacial score (nSPS) is 11.0. The van der Waals surface area contributed by atoms with Crippen molar-refractivity contribution < 1.29 is 17.9 Å². The zero-order valence-corrected chi connectivity index (χ0v) is 15.9. The lowest BCUT2D eigenvalue weighted by molar-refractivity contribution is 0.102. The number of hydrogen-bond donors (Lipinski definition) is 1. The third kappa shape index (κ3) is 4.87. The van der Waals surface area contributed by atoms with Gasteiger partial charge in [-0.3, -0.25) is 4.79 Å². The largest absolute Gasteiger partial charge is 0.457 e. The first-order valence-corrected chi connectivity index (χ1v) is 10.2. The highest BCUT2D eigenvalue weighted by Gasteiger charge is 2.16. The van der Waals surface area contributed by atoms with Crippen LogP contribution in [0.3, 0.4) is 0 Å². The number of benzene rings is 3. The summed E-state index contributed by atoms with van der Waals surface area (Å²) in [7, 11) is -3.45. The second kappa shape index (κ2) is 7.82. The molecule has 0 saturated heterocycles. The van der Waals surface area contributed by atoms with Crippen LogP contribution in [0.25, 0.3) is 0 Å². The van der Waals surface area contributed by atoms with Gasteiger partial charge in [-0.25, -0.2) is 8.42 Å². The number of ether oxygens (including phenoxy) is 1. The van der Waals surface area contributed by atoms with Crippen LogP contribution in [0.1, 0.15) is 10.4 Å². The summed E-state index contributed by atoms with van der Waals surface area (Å²) in [6, 6.07) is 20.1. The summed E-state index contributed by atoms with van der Waals surface area (Å²) >= 11 is 6.07. The van der Waals surface area contributed by atoms with E-state index in [1.165, 1.54) is 18.2 Å². The van der Waals surface area contributed by atoms with E-state index in [1.807, 2.05) is 30.3 Å². The molecule has 0 fully saturated rings. The van der Waals surface area contributed by atoms with Gasteiger partial charge in [0, 0.05) is 18.0 Å². The molecule has 0 atom stereocenters. The molecule has 0 bridgehead atoms. The Morgan fingerprint density at radius 1 is 0.926 bits per heavy atom. The van der Waals surface area contributed by atoms with Crippen LogP contribution in [0.5, 0.6) is 11.5 Å². The van der Waals surface area contributed by atoms with Crippen LogP contribution in [0.15, 0.2) is 77.7 Å². The summed E-state index contributed by atoms with van der Waals surface area (Å²) in [6.45, 7) is 0. The molecule has 3 aromatic carbocycles. The fourth-order valence-corrected chi connectivity index (χ4v) is 3.22. The van der Waals surface area contributed by atoms with Crippen LogP contribution in [-0.4, -0.2) is 20.6 Å². The molecule has 0 unspecified atom stereocenters. The van der Waals surface area contributed by atoms with Gasteiger partial charge in [0.05, 0.1) is 15.5 Å². The molecule has 0 aliphatic rings. The van der Waals surface area contributed by atoms with Crippen molar-refractivity contribution in [3.05, 3.63) is 83.4 Å². The van der Waals surface area contributed by atoms with E-state index in [0.29, 0.717) is 17.2 Å². The van der Waals surface area contributed by atoms with Crippen molar-refractivity contribution in [3.63, 3.8) is 0 Å². The summed E-state index contributed by atoms with van der Waals surface area (Å²) in [4.78, 5) is 12.6. The number of carbonyl (C=O) groups excluding carboxylic acids is 1. The number of para-hydroxylation sites is 1. The molecular formula is C20H16ClNO4S. The minimum atomic E-state index is -3.45. The van der Waals surface area contributed by atoms with Crippen LogP contribution in [0, 0.1) is 0 Å². The third-order valence-electron chi connectivity index (χ3n) is 3.68. The van der Waals surface area contributed by atoms with Gasteiger partial charge in [0.25, 0.3) is 5.91 Å². The lowest BCUT2D eigenvalue weighted by Gasteiger charge is -2.10. The number of nitrogens with one attached hydrogen (secondary N) is 1. The van der Waals surface area contributed by atoms with Gasteiger partial charge >= 0.3 is 0 Å². The van der Waals surface area contributed by atoms with Gasteiger partial charge in [-0.2, -0.15) is 0 Å². The van der Waals surface area contributed by atoms with Gasteiger partial charge < -0.3 is 10.1 Å². The Hall–Kier alpha value is -2.83. The topological polar surface area (TPSA) is 72.5 Å². The van der Waals surface area contributed by atoms with Crippen molar-refractivity contribution in [3.8, 4) is 11.5 Å². The molecule has 0 radical (unpaired) electrons. The first kappa shape index (κ1) is 18.9.